The Kier molecular flexibility index (Phi) is 6.81. The Morgan fingerprint density at radius 2 is 1.95 bits per heavy atom. The van der Waals surface area contributed by atoms with Gasteiger partial charge in [0.1, 0.15) is 0 Å². The Balaban J connectivity index is 2.25. The maximum atomic E-state index is 11.6. The average Bonchev–Trinajstić information content (AvgIpc) is 2.38. The van der Waals surface area contributed by atoms with E-state index in [-0.39, 0.29) is 11.9 Å². The molecule has 6 heteroatoms. The van der Waals surface area contributed by atoms with Gasteiger partial charge in [-0.1, -0.05) is 6.07 Å². The molecule has 3 N–H and O–H groups in total. The summed E-state index contributed by atoms with van der Waals surface area (Å²) in [5, 5.41) is 8.17. The highest BCUT2D eigenvalue weighted by Gasteiger charge is 2.01. The smallest absolute Gasteiger partial charge is 0.319 e. The minimum Gasteiger partial charge on any atom is -0.356 e. The number of nitrogens with one attached hydrogen (secondary N) is 3. The van der Waals surface area contributed by atoms with Gasteiger partial charge in [-0.25, -0.2) is 4.79 Å². The molecule has 0 saturated carbocycles. The van der Waals surface area contributed by atoms with Gasteiger partial charge in [0, 0.05) is 30.6 Å². The Labute approximate surface area is 117 Å². The second-order valence-corrected chi connectivity index (χ2v) is 4.83. The zero-order valence-corrected chi connectivity index (χ0v) is 12.0. The lowest BCUT2D eigenvalue weighted by molar-refractivity contribution is -0.118. The molecule has 1 aromatic carbocycles. The van der Waals surface area contributed by atoms with E-state index in [0.717, 1.165) is 10.6 Å². The number of anilines is 1. The quantitative estimate of drug-likeness (QED) is 0.552. The predicted molar refractivity (Wildman–Crippen MR) is 78.5 cm³/mol. The lowest BCUT2D eigenvalue weighted by Crippen LogP contribution is -2.31. The highest BCUT2D eigenvalue weighted by Crippen LogP contribution is 2.18. The summed E-state index contributed by atoms with van der Waals surface area (Å²) >= 11 is 1.63. The highest BCUT2D eigenvalue weighted by molar-refractivity contribution is 7.98. The van der Waals surface area contributed by atoms with Crippen LogP contribution in [-0.2, 0) is 4.79 Å². The number of hydrogen-bond donors (Lipinski definition) is 3. The van der Waals surface area contributed by atoms with Crippen molar-refractivity contribution in [1.82, 2.24) is 10.6 Å². The van der Waals surface area contributed by atoms with Crippen LogP contribution in [0.3, 0.4) is 0 Å². The van der Waals surface area contributed by atoms with Gasteiger partial charge in [0.2, 0.25) is 5.91 Å². The second-order valence-electron chi connectivity index (χ2n) is 3.95. The monoisotopic (exact) mass is 281 g/mol. The number of rotatable bonds is 6. The van der Waals surface area contributed by atoms with Crippen molar-refractivity contribution >= 4 is 29.4 Å². The Morgan fingerprint density at radius 3 is 2.63 bits per heavy atom. The third-order valence-electron chi connectivity index (χ3n) is 2.34. The van der Waals surface area contributed by atoms with Gasteiger partial charge in [-0.2, -0.15) is 0 Å². The van der Waals surface area contributed by atoms with Crippen molar-refractivity contribution in [2.75, 3.05) is 24.7 Å². The number of benzene rings is 1. The first kappa shape index (κ1) is 15.4. The van der Waals surface area contributed by atoms with E-state index in [4.69, 9.17) is 0 Å². The molecule has 3 amide bonds. The summed E-state index contributed by atoms with van der Waals surface area (Å²) in [6.45, 7) is 2.56. The molecule has 0 aliphatic heterocycles. The van der Waals surface area contributed by atoms with Crippen molar-refractivity contribution in [2.45, 2.75) is 18.2 Å². The molecule has 5 nitrogen and oxygen atoms in total. The van der Waals surface area contributed by atoms with Crippen molar-refractivity contribution in [3.05, 3.63) is 24.3 Å². The minimum absolute atomic E-state index is 0.0571. The lowest BCUT2D eigenvalue weighted by atomic mass is 10.3. The summed E-state index contributed by atoms with van der Waals surface area (Å²) in [7, 11) is 0. The molecule has 0 atom stereocenters. The van der Waals surface area contributed by atoms with Crippen LogP contribution < -0.4 is 16.0 Å². The van der Waals surface area contributed by atoms with Gasteiger partial charge in [-0.05, 0) is 30.9 Å². The predicted octanol–water partition coefficient (Wildman–Crippen LogP) is 2.06. The normalized spacial score (nSPS) is 9.79. The summed E-state index contributed by atoms with van der Waals surface area (Å²) in [5.41, 5.74) is 0.770. The van der Waals surface area contributed by atoms with E-state index < -0.39 is 0 Å². The van der Waals surface area contributed by atoms with Crippen LogP contribution in [0.2, 0.25) is 0 Å². The Morgan fingerprint density at radius 1 is 1.21 bits per heavy atom. The molecule has 0 bridgehead atoms. The van der Waals surface area contributed by atoms with Crippen LogP contribution in [0.5, 0.6) is 0 Å². The van der Waals surface area contributed by atoms with Crippen LogP contribution in [-0.4, -0.2) is 31.3 Å². The topological polar surface area (TPSA) is 70.2 Å². The van der Waals surface area contributed by atoms with Gasteiger partial charge in [0.15, 0.2) is 0 Å². The summed E-state index contributed by atoms with van der Waals surface area (Å²) in [4.78, 5) is 23.3. The van der Waals surface area contributed by atoms with Gasteiger partial charge in [-0.15, -0.1) is 11.8 Å². The maximum absolute atomic E-state index is 11.6. The SMILES string of the molecule is CSc1cccc(NC(=O)NCCCNC(C)=O)c1. The summed E-state index contributed by atoms with van der Waals surface area (Å²) in [5.74, 6) is -0.0571. The molecule has 0 aliphatic rings. The van der Waals surface area contributed by atoms with Crippen LogP contribution in [0.25, 0.3) is 0 Å². The van der Waals surface area contributed by atoms with E-state index in [9.17, 15) is 9.59 Å². The van der Waals surface area contributed by atoms with Crippen molar-refractivity contribution in [2.24, 2.45) is 0 Å². The number of urea groups is 1. The molecule has 0 aromatic heterocycles. The Bertz CT molecular complexity index is 438. The van der Waals surface area contributed by atoms with E-state index >= 15 is 0 Å². The summed E-state index contributed by atoms with van der Waals surface area (Å²) in [6.07, 6.45) is 2.69. The Hall–Kier alpha value is -1.69. The first-order valence-electron chi connectivity index (χ1n) is 6.05. The molecule has 1 rings (SSSR count). The standard InChI is InChI=1S/C13H19N3O2S/c1-10(17)14-7-4-8-15-13(18)16-11-5-3-6-12(9-11)19-2/h3,5-6,9H,4,7-8H2,1-2H3,(H,14,17)(H2,15,16,18). The molecular formula is C13H19N3O2S. The molecule has 19 heavy (non-hydrogen) atoms. The van der Waals surface area contributed by atoms with Crippen LogP contribution in [0.1, 0.15) is 13.3 Å². The molecule has 0 radical (unpaired) electrons. The first-order valence-corrected chi connectivity index (χ1v) is 7.27. The second kappa shape index (κ2) is 8.42. The van der Waals surface area contributed by atoms with Crippen LogP contribution >= 0.6 is 11.8 Å². The largest absolute Gasteiger partial charge is 0.356 e. The molecule has 0 fully saturated rings. The van der Waals surface area contributed by atoms with Crippen molar-refractivity contribution in [1.29, 1.82) is 0 Å². The molecule has 1 aromatic rings. The van der Waals surface area contributed by atoms with Gasteiger partial charge in [0.05, 0.1) is 0 Å². The fourth-order valence-corrected chi connectivity index (χ4v) is 1.89. The van der Waals surface area contributed by atoms with E-state index in [1.807, 2.05) is 30.5 Å². The zero-order chi connectivity index (χ0) is 14.1. The van der Waals surface area contributed by atoms with Gasteiger partial charge in [-0.3, -0.25) is 4.79 Å². The van der Waals surface area contributed by atoms with E-state index in [1.165, 1.54) is 6.92 Å². The number of carbonyl (C=O) groups excluding carboxylic acids is 2. The fourth-order valence-electron chi connectivity index (χ4n) is 1.43. The summed E-state index contributed by atoms with van der Waals surface area (Å²) in [6, 6.07) is 7.42. The molecule has 104 valence electrons. The van der Waals surface area contributed by atoms with Crippen molar-refractivity contribution in [3.63, 3.8) is 0 Å². The van der Waals surface area contributed by atoms with E-state index in [1.54, 1.807) is 11.8 Å². The number of thioether (sulfide) groups is 1. The molecule has 0 saturated heterocycles. The number of amides is 3. The summed E-state index contributed by atoms with van der Waals surface area (Å²) < 4.78 is 0. The molecule has 0 heterocycles. The van der Waals surface area contributed by atoms with Gasteiger partial charge >= 0.3 is 6.03 Å². The molecule has 0 spiro atoms. The third-order valence-corrected chi connectivity index (χ3v) is 3.07. The van der Waals surface area contributed by atoms with Crippen LogP contribution in [0, 0.1) is 0 Å². The molecule has 0 unspecified atom stereocenters. The van der Waals surface area contributed by atoms with Gasteiger partial charge < -0.3 is 16.0 Å². The van der Waals surface area contributed by atoms with Crippen LogP contribution in [0.4, 0.5) is 10.5 Å². The van der Waals surface area contributed by atoms with E-state index in [2.05, 4.69) is 16.0 Å². The lowest BCUT2D eigenvalue weighted by Gasteiger charge is -2.08. The third kappa shape index (κ3) is 6.71. The van der Waals surface area contributed by atoms with Crippen LogP contribution in [0.15, 0.2) is 29.2 Å². The minimum atomic E-state index is -0.235. The number of carbonyl (C=O) groups is 2. The highest BCUT2D eigenvalue weighted by atomic mass is 32.2. The van der Waals surface area contributed by atoms with E-state index in [0.29, 0.717) is 19.5 Å². The first-order chi connectivity index (χ1) is 9.11. The number of hydrogen-bond acceptors (Lipinski definition) is 3. The van der Waals surface area contributed by atoms with Gasteiger partial charge in [0.25, 0.3) is 0 Å². The molecule has 0 aliphatic carbocycles. The maximum Gasteiger partial charge on any atom is 0.319 e. The molecular weight excluding hydrogens is 262 g/mol. The average molecular weight is 281 g/mol. The van der Waals surface area contributed by atoms with Crippen molar-refractivity contribution < 1.29 is 9.59 Å². The zero-order valence-electron chi connectivity index (χ0n) is 11.2. The van der Waals surface area contributed by atoms with Crippen molar-refractivity contribution in [3.8, 4) is 0 Å². The fraction of sp³-hybridized carbons (Fsp3) is 0.385.